The van der Waals surface area contributed by atoms with Gasteiger partial charge in [0.1, 0.15) is 5.82 Å². The quantitative estimate of drug-likeness (QED) is 0.858. The lowest BCUT2D eigenvalue weighted by atomic mass is 9.84. The second-order valence-electron chi connectivity index (χ2n) is 7.49. The highest BCUT2D eigenvalue weighted by atomic mass is 16.2. The maximum atomic E-state index is 13.0. The Morgan fingerprint density at radius 3 is 2.72 bits per heavy atom. The number of likely N-dealkylation sites (tertiary alicyclic amines) is 1. The molecule has 1 unspecified atom stereocenters. The number of aryl methyl sites for hydroxylation is 2. The van der Waals surface area contributed by atoms with E-state index in [1.165, 1.54) is 30.8 Å². The van der Waals surface area contributed by atoms with Gasteiger partial charge in [0.15, 0.2) is 0 Å². The second-order valence-corrected chi connectivity index (χ2v) is 7.49. The van der Waals surface area contributed by atoms with Crippen LogP contribution in [-0.4, -0.2) is 38.4 Å². The summed E-state index contributed by atoms with van der Waals surface area (Å²) in [5, 5.41) is 0. The lowest BCUT2D eigenvalue weighted by molar-refractivity contribution is 0.0674. The molecule has 132 valence electrons. The van der Waals surface area contributed by atoms with E-state index in [2.05, 4.69) is 16.5 Å². The Balaban J connectivity index is 1.57. The first-order valence-corrected chi connectivity index (χ1v) is 9.38. The van der Waals surface area contributed by atoms with Gasteiger partial charge in [-0.2, -0.15) is 0 Å². The maximum absolute atomic E-state index is 13.0. The molecule has 1 saturated heterocycles. The summed E-state index contributed by atoms with van der Waals surface area (Å²) < 4.78 is 2.42. The van der Waals surface area contributed by atoms with Gasteiger partial charge in [0.05, 0.1) is 11.6 Å². The molecule has 1 saturated carbocycles. The fourth-order valence-electron chi connectivity index (χ4n) is 4.12. The first kappa shape index (κ1) is 16.3. The predicted octanol–water partition coefficient (Wildman–Crippen LogP) is 3.64. The number of piperidine rings is 1. The molecule has 5 heteroatoms. The molecule has 1 aliphatic carbocycles. The third kappa shape index (κ3) is 2.96. The first-order valence-electron chi connectivity index (χ1n) is 9.38. The predicted molar refractivity (Wildman–Crippen MR) is 96.7 cm³/mol. The first-order chi connectivity index (χ1) is 12.1. The van der Waals surface area contributed by atoms with E-state index < -0.39 is 0 Å². The highest BCUT2D eigenvalue weighted by molar-refractivity contribution is 5.95. The summed E-state index contributed by atoms with van der Waals surface area (Å²) in [4.78, 5) is 23.8. The lowest BCUT2D eigenvalue weighted by Crippen LogP contribution is -2.41. The topological polar surface area (TPSA) is 51.0 Å². The number of pyridine rings is 1. The van der Waals surface area contributed by atoms with Crippen LogP contribution in [0.1, 0.15) is 71.5 Å². The fraction of sp³-hybridized carbons (Fsp3) is 0.550. The van der Waals surface area contributed by atoms with Crippen molar-refractivity contribution in [1.82, 2.24) is 19.4 Å². The van der Waals surface area contributed by atoms with E-state index >= 15 is 0 Å². The van der Waals surface area contributed by atoms with Gasteiger partial charge in [0.2, 0.25) is 0 Å². The van der Waals surface area contributed by atoms with Crippen molar-refractivity contribution in [2.24, 2.45) is 0 Å². The third-order valence-electron chi connectivity index (χ3n) is 5.80. The highest BCUT2D eigenvalue weighted by Crippen LogP contribution is 2.38. The molecule has 2 aromatic rings. The molecule has 1 atom stereocenters. The molecule has 1 amide bonds. The number of hydrogen-bond acceptors (Lipinski definition) is 3. The molecule has 5 nitrogen and oxygen atoms in total. The normalized spacial score (nSPS) is 21.2. The van der Waals surface area contributed by atoms with Crippen LogP contribution in [0.5, 0.6) is 0 Å². The maximum Gasteiger partial charge on any atom is 0.255 e. The molecule has 0 N–H and O–H groups in total. The minimum Gasteiger partial charge on any atom is -0.337 e. The van der Waals surface area contributed by atoms with Crippen molar-refractivity contribution in [3.63, 3.8) is 0 Å². The molecule has 25 heavy (non-hydrogen) atoms. The SMILES string of the molecule is Cc1ccncc1C(=O)N1CCCC(n2c(C)cnc2C2CCC2)C1. The molecular formula is C20H26N4O. The van der Waals surface area contributed by atoms with E-state index in [4.69, 9.17) is 4.98 Å². The van der Waals surface area contributed by atoms with Crippen LogP contribution in [0.4, 0.5) is 0 Å². The van der Waals surface area contributed by atoms with Gasteiger partial charge in [-0.15, -0.1) is 0 Å². The van der Waals surface area contributed by atoms with Crippen LogP contribution in [0, 0.1) is 13.8 Å². The summed E-state index contributed by atoms with van der Waals surface area (Å²) in [6.45, 7) is 5.71. The van der Waals surface area contributed by atoms with Gasteiger partial charge in [0.25, 0.3) is 5.91 Å². The van der Waals surface area contributed by atoms with Crippen molar-refractivity contribution in [1.29, 1.82) is 0 Å². The van der Waals surface area contributed by atoms with Crippen molar-refractivity contribution in [3.05, 3.63) is 47.3 Å². The van der Waals surface area contributed by atoms with Crippen LogP contribution in [0.3, 0.4) is 0 Å². The number of amides is 1. The molecule has 1 aliphatic heterocycles. The Hall–Kier alpha value is -2.17. The van der Waals surface area contributed by atoms with E-state index in [0.717, 1.165) is 37.1 Å². The molecule has 0 bridgehead atoms. The molecule has 0 radical (unpaired) electrons. The van der Waals surface area contributed by atoms with Crippen LogP contribution in [-0.2, 0) is 0 Å². The number of carbonyl (C=O) groups is 1. The standard InChI is InChI=1S/C20H26N4O/c1-14-8-9-21-12-18(14)20(25)23-10-4-7-17(13-23)24-15(2)11-22-19(24)16-5-3-6-16/h8-9,11-12,16-17H,3-7,10,13H2,1-2H3. The largest absolute Gasteiger partial charge is 0.337 e. The summed E-state index contributed by atoms with van der Waals surface area (Å²) >= 11 is 0. The van der Waals surface area contributed by atoms with E-state index in [-0.39, 0.29) is 5.91 Å². The Morgan fingerprint density at radius 1 is 1.16 bits per heavy atom. The number of aromatic nitrogens is 3. The van der Waals surface area contributed by atoms with Crippen LogP contribution >= 0.6 is 0 Å². The average molecular weight is 338 g/mol. The van der Waals surface area contributed by atoms with E-state index in [1.54, 1.807) is 12.4 Å². The zero-order valence-corrected chi connectivity index (χ0v) is 15.1. The summed E-state index contributed by atoms with van der Waals surface area (Å²) in [7, 11) is 0. The van der Waals surface area contributed by atoms with Crippen LogP contribution in [0.2, 0.25) is 0 Å². The highest BCUT2D eigenvalue weighted by Gasteiger charge is 2.31. The van der Waals surface area contributed by atoms with Crippen molar-refractivity contribution < 1.29 is 4.79 Å². The lowest BCUT2D eigenvalue weighted by Gasteiger charge is -2.36. The van der Waals surface area contributed by atoms with E-state index in [1.807, 2.05) is 24.1 Å². The Bertz CT molecular complexity index is 778. The third-order valence-corrected chi connectivity index (χ3v) is 5.80. The minimum atomic E-state index is 0.110. The molecule has 2 aromatic heterocycles. The second kappa shape index (κ2) is 6.62. The van der Waals surface area contributed by atoms with Crippen molar-refractivity contribution in [2.75, 3.05) is 13.1 Å². The molecular weight excluding hydrogens is 312 g/mol. The summed E-state index contributed by atoms with van der Waals surface area (Å²) in [5.74, 6) is 1.96. The van der Waals surface area contributed by atoms with Gasteiger partial charge in [0, 0.05) is 43.3 Å². The Labute approximate surface area is 149 Å². The van der Waals surface area contributed by atoms with Crippen molar-refractivity contribution >= 4 is 5.91 Å². The summed E-state index contributed by atoms with van der Waals surface area (Å²) in [6.07, 6.45) is 11.4. The molecule has 0 spiro atoms. The fourth-order valence-corrected chi connectivity index (χ4v) is 4.12. The van der Waals surface area contributed by atoms with Gasteiger partial charge in [-0.25, -0.2) is 4.98 Å². The van der Waals surface area contributed by atoms with Gasteiger partial charge < -0.3 is 9.47 Å². The molecule has 2 fully saturated rings. The number of nitrogens with zero attached hydrogens (tertiary/aromatic N) is 4. The molecule has 0 aromatic carbocycles. The van der Waals surface area contributed by atoms with E-state index in [0.29, 0.717) is 12.0 Å². The molecule has 2 aliphatic rings. The summed E-state index contributed by atoms with van der Waals surface area (Å²) in [5.41, 5.74) is 2.94. The zero-order valence-electron chi connectivity index (χ0n) is 15.1. The zero-order chi connectivity index (χ0) is 17.4. The number of rotatable bonds is 3. The van der Waals surface area contributed by atoms with E-state index in [9.17, 15) is 4.79 Å². The average Bonchev–Trinajstić information content (AvgIpc) is 2.94. The summed E-state index contributed by atoms with van der Waals surface area (Å²) in [6, 6.07) is 2.25. The minimum absolute atomic E-state index is 0.110. The van der Waals surface area contributed by atoms with Crippen LogP contribution in [0.15, 0.2) is 24.7 Å². The Morgan fingerprint density at radius 2 is 2.00 bits per heavy atom. The van der Waals surface area contributed by atoms with Crippen molar-refractivity contribution in [3.8, 4) is 0 Å². The smallest absolute Gasteiger partial charge is 0.255 e. The molecule has 3 heterocycles. The van der Waals surface area contributed by atoms with Crippen molar-refractivity contribution in [2.45, 2.75) is 57.9 Å². The van der Waals surface area contributed by atoms with Gasteiger partial charge in [-0.05, 0) is 51.2 Å². The van der Waals surface area contributed by atoms with Gasteiger partial charge >= 0.3 is 0 Å². The number of hydrogen-bond donors (Lipinski definition) is 0. The number of imidazole rings is 1. The van der Waals surface area contributed by atoms with Crippen LogP contribution < -0.4 is 0 Å². The Kier molecular flexibility index (Phi) is 4.32. The van der Waals surface area contributed by atoms with Crippen LogP contribution in [0.25, 0.3) is 0 Å². The number of carbonyl (C=O) groups excluding carboxylic acids is 1. The monoisotopic (exact) mass is 338 g/mol. The van der Waals surface area contributed by atoms with Gasteiger partial charge in [-0.1, -0.05) is 6.42 Å². The van der Waals surface area contributed by atoms with Gasteiger partial charge in [-0.3, -0.25) is 9.78 Å². The molecule has 4 rings (SSSR count).